The van der Waals surface area contributed by atoms with E-state index in [1.54, 1.807) is 9.80 Å². The standard InChI is InChI=1S/C26H33N5O3/c27-26(34)30-13-11-29(12-14-30)22-5-6-24-20(15-22)8-10-31(25(24)33)18-23(32)17-28-9-7-19-3-1-2-4-21(19)16-28/h1-6,15,23,32H,7-14,16-18H2,(H2,27,34)/t23-/m1/s1. The Morgan fingerprint density at radius 3 is 2.41 bits per heavy atom. The van der Waals surface area contributed by atoms with Crippen molar-refractivity contribution in [2.24, 2.45) is 5.73 Å². The van der Waals surface area contributed by atoms with E-state index < -0.39 is 6.10 Å². The molecule has 0 unspecified atom stereocenters. The number of urea groups is 1. The second kappa shape index (κ2) is 9.64. The molecule has 3 amide bonds. The maximum absolute atomic E-state index is 13.1. The van der Waals surface area contributed by atoms with Crippen LogP contribution < -0.4 is 10.6 Å². The van der Waals surface area contributed by atoms with Crippen molar-refractivity contribution < 1.29 is 14.7 Å². The van der Waals surface area contributed by atoms with E-state index in [4.69, 9.17) is 5.73 Å². The minimum Gasteiger partial charge on any atom is -0.390 e. The Balaban J connectivity index is 1.17. The lowest BCUT2D eigenvalue weighted by Crippen LogP contribution is -2.50. The fourth-order valence-corrected chi connectivity index (χ4v) is 5.40. The number of anilines is 1. The molecule has 1 fully saturated rings. The third-order valence-corrected chi connectivity index (χ3v) is 7.32. The molecule has 3 N–H and O–H groups in total. The number of nitrogens with two attached hydrogens (primary N) is 1. The molecule has 0 radical (unpaired) electrons. The predicted molar refractivity (Wildman–Crippen MR) is 131 cm³/mol. The fourth-order valence-electron chi connectivity index (χ4n) is 5.40. The largest absolute Gasteiger partial charge is 0.390 e. The lowest BCUT2D eigenvalue weighted by molar-refractivity contribution is 0.0493. The zero-order valence-corrected chi connectivity index (χ0v) is 19.5. The van der Waals surface area contributed by atoms with Gasteiger partial charge in [-0.15, -0.1) is 0 Å². The van der Waals surface area contributed by atoms with Crippen molar-refractivity contribution in [3.8, 4) is 0 Å². The van der Waals surface area contributed by atoms with Crippen molar-refractivity contribution in [3.05, 3.63) is 64.7 Å². The van der Waals surface area contributed by atoms with Crippen molar-refractivity contribution in [2.75, 3.05) is 57.3 Å². The molecule has 0 spiro atoms. The van der Waals surface area contributed by atoms with Crippen LogP contribution in [-0.2, 0) is 19.4 Å². The minimum absolute atomic E-state index is 0.00520. The first-order valence-corrected chi connectivity index (χ1v) is 12.2. The molecule has 2 aromatic carbocycles. The molecular weight excluding hydrogens is 430 g/mol. The first kappa shape index (κ1) is 22.7. The minimum atomic E-state index is -0.573. The van der Waals surface area contributed by atoms with Crippen LogP contribution in [0.5, 0.6) is 0 Å². The number of nitrogens with zero attached hydrogens (tertiary/aromatic N) is 4. The van der Waals surface area contributed by atoms with Gasteiger partial charge in [0.1, 0.15) is 0 Å². The molecular formula is C26H33N5O3. The predicted octanol–water partition coefficient (Wildman–Crippen LogP) is 1.30. The third-order valence-electron chi connectivity index (χ3n) is 7.32. The highest BCUT2D eigenvalue weighted by atomic mass is 16.3. The van der Waals surface area contributed by atoms with Crippen LogP contribution in [0.1, 0.15) is 27.0 Å². The van der Waals surface area contributed by atoms with Crippen LogP contribution in [0.15, 0.2) is 42.5 Å². The maximum Gasteiger partial charge on any atom is 0.314 e. The molecule has 8 heteroatoms. The highest BCUT2D eigenvalue weighted by Gasteiger charge is 2.28. The van der Waals surface area contributed by atoms with E-state index in [9.17, 15) is 14.7 Å². The average molecular weight is 464 g/mol. The van der Waals surface area contributed by atoms with Gasteiger partial charge in [0.25, 0.3) is 5.91 Å². The van der Waals surface area contributed by atoms with Gasteiger partial charge >= 0.3 is 6.03 Å². The molecule has 3 heterocycles. The van der Waals surface area contributed by atoms with E-state index in [1.165, 1.54) is 11.1 Å². The summed E-state index contributed by atoms with van der Waals surface area (Å²) in [6.45, 7) is 6.00. The molecule has 34 heavy (non-hydrogen) atoms. The number of β-amino-alcohol motifs (C(OH)–C–C–N with tert-alkyl or cyclic N) is 1. The van der Waals surface area contributed by atoms with Crippen LogP contribution in [0.3, 0.4) is 0 Å². The lowest BCUT2D eigenvalue weighted by Gasteiger charge is -2.36. The Morgan fingerprint density at radius 2 is 1.65 bits per heavy atom. The maximum atomic E-state index is 13.1. The van der Waals surface area contributed by atoms with Gasteiger partial charge < -0.3 is 25.5 Å². The number of piperazine rings is 1. The van der Waals surface area contributed by atoms with Gasteiger partial charge in [-0.25, -0.2) is 4.79 Å². The Bertz CT molecular complexity index is 1070. The molecule has 5 rings (SSSR count). The van der Waals surface area contributed by atoms with Crippen LogP contribution >= 0.6 is 0 Å². The van der Waals surface area contributed by atoms with Crippen LogP contribution in [0.4, 0.5) is 10.5 Å². The van der Waals surface area contributed by atoms with Crippen molar-refractivity contribution in [2.45, 2.75) is 25.5 Å². The fraction of sp³-hybridized carbons (Fsp3) is 0.462. The van der Waals surface area contributed by atoms with E-state index in [1.807, 2.05) is 12.1 Å². The second-order valence-corrected chi connectivity index (χ2v) is 9.56. The second-order valence-electron chi connectivity index (χ2n) is 9.56. The van der Waals surface area contributed by atoms with Gasteiger partial charge in [-0.05, 0) is 47.7 Å². The van der Waals surface area contributed by atoms with Gasteiger partial charge in [-0.3, -0.25) is 9.69 Å². The van der Waals surface area contributed by atoms with Crippen molar-refractivity contribution >= 4 is 17.6 Å². The van der Waals surface area contributed by atoms with Gasteiger partial charge in [0, 0.05) is 70.2 Å². The van der Waals surface area contributed by atoms with Gasteiger partial charge in [0.2, 0.25) is 0 Å². The topological polar surface area (TPSA) is 93.3 Å². The average Bonchev–Trinajstić information content (AvgIpc) is 2.85. The number of carbonyl (C=O) groups is 2. The summed E-state index contributed by atoms with van der Waals surface area (Å²) in [4.78, 5) is 32.5. The van der Waals surface area contributed by atoms with Crippen LogP contribution in [0.25, 0.3) is 0 Å². The SMILES string of the molecule is NC(=O)N1CCN(c2ccc3c(c2)CCN(C[C@H](O)CN2CCc4ccccc4C2)C3=O)CC1. The van der Waals surface area contributed by atoms with E-state index >= 15 is 0 Å². The molecule has 1 atom stereocenters. The van der Waals surface area contributed by atoms with Crippen LogP contribution in [0, 0.1) is 0 Å². The highest BCUT2D eigenvalue weighted by molar-refractivity contribution is 5.97. The number of aliphatic hydroxyl groups is 1. The zero-order valence-electron chi connectivity index (χ0n) is 19.5. The molecule has 180 valence electrons. The van der Waals surface area contributed by atoms with E-state index in [-0.39, 0.29) is 11.9 Å². The molecule has 1 saturated heterocycles. The van der Waals surface area contributed by atoms with Crippen LogP contribution in [-0.4, -0.2) is 90.2 Å². The zero-order chi connectivity index (χ0) is 23.7. The Hall–Kier alpha value is -3.10. The summed E-state index contributed by atoms with van der Waals surface area (Å²) >= 11 is 0. The highest BCUT2D eigenvalue weighted by Crippen LogP contribution is 2.26. The van der Waals surface area contributed by atoms with E-state index in [0.29, 0.717) is 32.7 Å². The number of rotatable bonds is 5. The Kier molecular flexibility index (Phi) is 6.43. The van der Waals surface area contributed by atoms with Crippen molar-refractivity contribution in [3.63, 3.8) is 0 Å². The molecule has 3 aliphatic heterocycles. The normalized spacial score (nSPS) is 19.6. The third kappa shape index (κ3) is 4.74. The summed E-state index contributed by atoms with van der Waals surface area (Å²) in [5.74, 6) is -0.00520. The molecule has 0 saturated carbocycles. The number of primary amides is 1. The van der Waals surface area contributed by atoms with Gasteiger partial charge in [0.15, 0.2) is 0 Å². The summed E-state index contributed by atoms with van der Waals surface area (Å²) < 4.78 is 0. The Morgan fingerprint density at radius 1 is 0.912 bits per heavy atom. The van der Waals surface area contributed by atoms with Crippen molar-refractivity contribution in [1.82, 2.24) is 14.7 Å². The van der Waals surface area contributed by atoms with Gasteiger partial charge in [-0.1, -0.05) is 24.3 Å². The summed E-state index contributed by atoms with van der Waals surface area (Å²) in [5.41, 5.74) is 11.0. The first-order valence-electron chi connectivity index (χ1n) is 12.2. The lowest BCUT2D eigenvalue weighted by atomic mass is 9.97. The number of amides is 3. The van der Waals surface area contributed by atoms with E-state index in [0.717, 1.165) is 55.8 Å². The first-order chi connectivity index (χ1) is 16.5. The molecule has 8 nitrogen and oxygen atoms in total. The number of hydrogen-bond acceptors (Lipinski definition) is 5. The molecule has 0 aromatic heterocycles. The molecule has 2 aromatic rings. The number of hydrogen-bond donors (Lipinski definition) is 2. The van der Waals surface area contributed by atoms with Gasteiger partial charge in [-0.2, -0.15) is 0 Å². The molecule has 3 aliphatic rings. The summed E-state index contributed by atoms with van der Waals surface area (Å²) in [5, 5.41) is 10.8. The number of fused-ring (bicyclic) bond motifs is 2. The summed E-state index contributed by atoms with van der Waals surface area (Å²) in [6, 6.07) is 14.1. The number of carbonyl (C=O) groups excluding carboxylic acids is 2. The van der Waals surface area contributed by atoms with E-state index in [2.05, 4.69) is 40.1 Å². The van der Waals surface area contributed by atoms with Crippen molar-refractivity contribution in [1.29, 1.82) is 0 Å². The quantitative estimate of drug-likeness (QED) is 0.697. The summed E-state index contributed by atoms with van der Waals surface area (Å²) in [7, 11) is 0. The summed E-state index contributed by atoms with van der Waals surface area (Å²) in [6.07, 6.45) is 1.20. The Labute approximate surface area is 200 Å². The van der Waals surface area contributed by atoms with Crippen LogP contribution in [0.2, 0.25) is 0 Å². The monoisotopic (exact) mass is 463 g/mol. The number of benzene rings is 2. The number of aliphatic hydroxyl groups excluding tert-OH is 1. The molecule has 0 aliphatic carbocycles. The smallest absolute Gasteiger partial charge is 0.314 e. The molecule has 0 bridgehead atoms. The van der Waals surface area contributed by atoms with Gasteiger partial charge in [0.05, 0.1) is 6.10 Å².